The van der Waals surface area contributed by atoms with E-state index in [0.717, 1.165) is 11.1 Å². The summed E-state index contributed by atoms with van der Waals surface area (Å²) < 4.78 is 31.9. The Kier molecular flexibility index (Phi) is 4.28. The van der Waals surface area contributed by atoms with Gasteiger partial charge in [0.2, 0.25) is 0 Å². The van der Waals surface area contributed by atoms with E-state index >= 15 is 0 Å². The lowest BCUT2D eigenvalue weighted by Gasteiger charge is -2.03. The number of hydrogen-bond acceptors (Lipinski definition) is 2. The fourth-order valence-electron chi connectivity index (χ4n) is 1.73. The molecule has 2 aromatic rings. The van der Waals surface area contributed by atoms with Crippen LogP contribution in [-0.2, 0) is 10.1 Å². The molecule has 0 atom stereocenters. The smallest absolute Gasteiger partial charge is 0.282 e. The molecule has 2 aromatic carbocycles. The lowest BCUT2D eigenvalue weighted by Crippen LogP contribution is -2.00. The average molecular weight is 309 g/mol. The molecule has 0 fully saturated rings. The highest BCUT2D eigenvalue weighted by molar-refractivity contribution is 7.86. The summed E-state index contributed by atoms with van der Waals surface area (Å²) in [5, 5.41) is 0.255. The van der Waals surface area contributed by atoms with E-state index in [4.69, 9.17) is 11.6 Å². The molecule has 0 unspecified atom stereocenters. The molecule has 0 radical (unpaired) electrons. The fraction of sp³-hybridized carbons (Fsp3) is 0.0667. The third-order valence-electron chi connectivity index (χ3n) is 2.79. The van der Waals surface area contributed by atoms with Crippen molar-refractivity contribution in [3.8, 4) is 0 Å². The van der Waals surface area contributed by atoms with Gasteiger partial charge in [0.1, 0.15) is 4.90 Å². The van der Waals surface area contributed by atoms with Gasteiger partial charge >= 0.3 is 0 Å². The van der Waals surface area contributed by atoms with Gasteiger partial charge in [0.25, 0.3) is 10.1 Å². The van der Waals surface area contributed by atoms with Gasteiger partial charge in [-0.05, 0) is 30.2 Å². The maximum Gasteiger partial charge on any atom is 0.295 e. The van der Waals surface area contributed by atoms with Crippen LogP contribution in [0.1, 0.15) is 16.7 Å². The molecule has 3 nitrogen and oxygen atoms in total. The third-order valence-corrected chi connectivity index (χ3v) is 3.93. The Morgan fingerprint density at radius 1 is 1.05 bits per heavy atom. The van der Waals surface area contributed by atoms with E-state index in [1.165, 1.54) is 6.07 Å². The summed E-state index contributed by atoms with van der Waals surface area (Å²) in [6.07, 6.45) is 3.40. The number of aryl methyl sites for hydroxylation is 1. The zero-order valence-corrected chi connectivity index (χ0v) is 12.3. The van der Waals surface area contributed by atoms with E-state index in [-0.39, 0.29) is 9.92 Å². The molecule has 0 heterocycles. The highest BCUT2D eigenvalue weighted by atomic mass is 35.5. The minimum atomic E-state index is -4.30. The molecule has 0 aliphatic carbocycles. The summed E-state index contributed by atoms with van der Waals surface area (Å²) in [7, 11) is -4.30. The molecule has 5 heteroatoms. The molecule has 1 N–H and O–H groups in total. The summed E-state index contributed by atoms with van der Waals surface area (Å²) in [5.41, 5.74) is 2.47. The van der Waals surface area contributed by atoms with Crippen LogP contribution in [0, 0.1) is 6.92 Å². The maximum absolute atomic E-state index is 11.3. The Bertz CT molecular complexity index is 747. The van der Waals surface area contributed by atoms with Crippen LogP contribution >= 0.6 is 11.6 Å². The normalized spacial score (nSPS) is 11.9. The second kappa shape index (κ2) is 5.79. The first-order valence-electron chi connectivity index (χ1n) is 5.88. The van der Waals surface area contributed by atoms with Crippen LogP contribution in [0.3, 0.4) is 0 Å². The van der Waals surface area contributed by atoms with Crippen LogP contribution in [0.2, 0.25) is 5.02 Å². The van der Waals surface area contributed by atoms with Gasteiger partial charge in [-0.25, -0.2) is 0 Å². The van der Waals surface area contributed by atoms with Gasteiger partial charge in [-0.1, -0.05) is 59.6 Å². The quantitative estimate of drug-likeness (QED) is 0.687. The summed E-state index contributed by atoms with van der Waals surface area (Å²) in [6, 6.07) is 12.1. The van der Waals surface area contributed by atoms with Crippen molar-refractivity contribution >= 4 is 33.9 Å². The lowest BCUT2D eigenvalue weighted by molar-refractivity contribution is 0.483. The van der Waals surface area contributed by atoms with E-state index in [1.54, 1.807) is 24.3 Å². The number of rotatable bonds is 3. The predicted octanol–water partition coefficient (Wildman–Crippen LogP) is 4.07. The molecule has 0 amide bonds. The van der Waals surface area contributed by atoms with Gasteiger partial charge in [-0.3, -0.25) is 4.55 Å². The van der Waals surface area contributed by atoms with E-state index in [1.807, 2.05) is 31.2 Å². The van der Waals surface area contributed by atoms with Crippen molar-refractivity contribution in [2.24, 2.45) is 0 Å². The van der Waals surface area contributed by atoms with Crippen LogP contribution in [0.15, 0.2) is 47.4 Å². The molecule has 2 rings (SSSR count). The number of halogens is 1. The molecule has 0 bridgehead atoms. The fourth-order valence-corrected chi connectivity index (χ4v) is 2.68. The zero-order valence-electron chi connectivity index (χ0n) is 10.7. The number of hydrogen-bond donors (Lipinski definition) is 1. The topological polar surface area (TPSA) is 54.4 Å². The van der Waals surface area contributed by atoms with Gasteiger partial charge < -0.3 is 0 Å². The van der Waals surface area contributed by atoms with Crippen molar-refractivity contribution < 1.29 is 13.0 Å². The van der Waals surface area contributed by atoms with Crippen molar-refractivity contribution in [2.45, 2.75) is 11.8 Å². The van der Waals surface area contributed by atoms with Gasteiger partial charge in [0.15, 0.2) is 0 Å². The van der Waals surface area contributed by atoms with Crippen molar-refractivity contribution in [1.82, 2.24) is 0 Å². The SMILES string of the molecule is Cc1ccc(C=Cc2ccc(Cl)cc2S(=O)(=O)O)cc1. The molecule has 0 spiro atoms. The average Bonchev–Trinajstić information content (AvgIpc) is 2.38. The first-order chi connectivity index (χ1) is 9.36. The molecule has 0 saturated heterocycles. The standard InChI is InChI=1S/C15H13ClO3S/c1-11-2-4-12(5-3-11)6-7-13-8-9-14(16)10-15(13)20(17,18)19/h2-10H,1H3,(H,17,18,19). The van der Waals surface area contributed by atoms with E-state index in [0.29, 0.717) is 5.56 Å². The molecular weight excluding hydrogens is 296 g/mol. The van der Waals surface area contributed by atoms with Gasteiger partial charge in [0, 0.05) is 5.02 Å². The molecule has 0 aliphatic rings. The van der Waals surface area contributed by atoms with E-state index in [2.05, 4.69) is 0 Å². The molecular formula is C15H13ClO3S. The zero-order chi connectivity index (χ0) is 14.8. The molecule has 0 aromatic heterocycles. The van der Waals surface area contributed by atoms with Crippen LogP contribution in [0.5, 0.6) is 0 Å². The highest BCUT2D eigenvalue weighted by Crippen LogP contribution is 2.22. The summed E-state index contributed by atoms with van der Waals surface area (Å²) in [4.78, 5) is -0.201. The Balaban J connectivity index is 2.41. The molecule has 0 saturated carbocycles. The van der Waals surface area contributed by atoms with Crippen molar-refractivity contribution in [1.29, 1.82) is 0 Å². The van der Waals surface area contributed by atoms with Crippen LogP contribution in [0.4, 0.5) is 0 Å². The van der Waals surface area contributed by atoms with E-state index < -0.39 is 10.1 Å². The Labute approximate surface area is 123 Å². The van der Waals surface area contributed by atoms with Gasteiger partial charge in [0.05, 0.1) is 0 Å². The van der Waals surface area contributed by atoms with Crippen molar-refractivity contribution in [3.63, 3.8) is 0 Å². The highest BCUT2D eigenvalue weighted by Gasteiger charge is 2.14. The monoisotopic (exact) mass is 308 g/mol. The summed E-state index contributed by atoms with van der Waals surface area (Å²) in [5.74, 6) is 0. The predicted molar refractivity (Wildman–Crippen MR) is 81.4 cm³/mol. The van der Waals surface area contributed by atoms with E-state index in [9.17, 15) is 13.0 Å². The lowest BCUT2D eigenvalue weighted by atomic mass is 10.1. The minimum absolute atomic E-state index is 0.201. The number of benzene rings is 2. The molecule has 104 valence electrons. The summed E-state index contributed by atoms with van der Waals surface area (Å²) >= 11 is 5.76. The second-order valence-electron chi connectivity index (χ2n) is 4.40. The Morgan fingerprint density at radius 3 is 2.30 bits per heavy atom. The Morgan fingerprint density at radius 2 is 1.70 bits per heavy atom. The van der Waals surface area contributed by atoms with Crippen molar-refractivity contribution in [2.75, 3.05) is 0 Å². The largest absolute Gasteiger partial charge is 0.295 e. The van der Waals surface area contributed by atoms with Crippen LogP contribution in [0.25, 0.3) is 12.2 Å². The molecule has 0 aliphatic heterocycles. The maximum atomic E-state index is 11.3. The second-order valence-corrected chi connectivity index (χ2v) is 6.23. The van der Waals surface area contributed by atoms with Crippen LogP contribution < -0.4 is 0 Å². The molecule has 20 heavy (non-hydrogen) atoms. The van der Waals surface area contributed by atoms with Gasteiger partial charge in [-0.2, -0.15) is 8.42 Å². The first-order valence-corrected chi connectivity index (χ1v) is 7.70. The van der Waals surface area contributed by atoms with Crippen LogP contribution in [-0.4, -0.2) is 13.0 Å². The van der Waals surface area contributed by atoms with Gasteiger partial charge in [-0.15, -0.1) is 0 Å². The summed E-state index contributed by atoms with van der Waals surface area (Å²) in [6.45, 7) is 1.99. The van der Waals surface area contributed by atoms with Crippen molar-refractivity contribution in [3.05, 3.63) is 64.2 Å². The first kappa shape index (κ1) is 14.8. The Hall–Kier alpha value is -1.62. The third kappa shape index (κ3) is 3.70. The minimum Gasteiger partial charge on any atom is -0.282 e.